The summed E-state index contributed by atoms with van der Waals surface area (Å²) in [6, 6.07) is 52.1. The number of rotatable bonds is 6. The van der Waals surface area contributed by atoms with Crippen LogP contribution in [0.15, 0.2) is 200 Å². The molecule has 0 fully saturated rings. The zero-order chi connectivity index (χ0) is 34.9. The Kier molecular flexibility index (Phi) is 8.11. The van der Waals surface area contributed by atoms with Crippen molar-refractivity contribution in [1.82, 2.24) is 4.98 Å². The van der Waals surface area contributed by atoms with Crippen molar-refractivity contribution in [3.05, 3.63) is 222 Å². The van der Waals surface area contributed by atoms with E-state index in [1.165, 1.54) is 55.3 Å². The first kappa shape index (κ1) is 31.2. The smallest absolute Gasteiger partial charge is 0.0540 e. The van der Waals surface area contributed by atoms with Gasteiger partial charge in [0.1, 0.15) is 0 Å². The van der Waals surface area contributed by atoms with Gasteiger partial charge in [0, 0.05) is 34.7 Å². The van der Waals surface area contributed by atoms with E-state index in [1.807, 2.05) is 18.5 Å². The molecule has 2 bridgehead atoms. The molecule has 52 heavy (non-hydrogen) atoms. The molecule has 0 radical (unpaired) electrons. The number of hydrogen-bond acceptors (Lipinski definition) is 2. The lowest BCUT2D eigenvalue weighted by Gasteiger charge is -2.28. The second kappa shape index (κ2) is 13.5. The van der Waals surface area contributed by atoms with Gasteiger partial charge in [-0.05, 0) is 122 Å². The molecule has 9 rings (SSSR count). The first-order valence-electron chi connectivity index (χ1n) is 17.8. The Morgan fingerprint density at radius 1 is 0.519 bits per heavy atom. The number of hydrogen-bond donors (Lipinski definition) is 0. The number of allylic oxidation sites excluding steroid dienone is 7. The number of anilines is 3. The zero-order valence-electron chi connectivity index (χ0n) is 28.8. The quantitative estimate of drug-likeness (QED) is 0.176. The SMILES string of the molecule is C=C1/C=C\c2cc(-c3ccc(N(c4ccccc4)c4cccc(-c5cccnc5)c4)c4ccccc34)cc3c2C/C(=C\C(c2ccccc2)=C/1)C=C3. The summed E-state index contributed by atoms with van der Waals surface area (Å²) in [5.74, 6) is 0. The number of para-hydroxylation sites is 1. The summed E-state index contributed by atoms with van der Waals surface area (Å²) in [5, 5.41) is 2.40. The molecule has 0 N–H and O–H groups in total. The molecule has 2 heteroatoms. The van der Waals surface area contributed by atoms with Gasteiger partial charge in [-0.1, -0.05) is 134 Å². The first-order valence-corrected chi connectivity index (χ1v) is 17.8. The first-order chi connectivity index (χ1) is 25.7. The van der Waals surface area contributed by atoms with Crippen molar-refractivity contribution in [1.29, 1.82) is 0 Å². The largest absolute Gasteiger partial charge is 0.310 e. The molecule has 0 saturated carbocycles. The van der Waals surface area contributed by atoms with Crippen LogP contribution in [0.25, 0.3) is 50.8 Å². The fourth-order valence-electron chi connectivity index (χ4n) is 7.51. The second-order valence-corrected chi connectivity index (χ2v) is 13.4. The fraction of sp³-hybridized carbons (Fsp3) is 0.0200. The Morgan fingerprint density at radius 3 is 2.00 bits per heavy atom. The minimum Gasteiger partial charge on any atom is -0.310 e. The predicted molar refractivity (Wildman–Crippen MR) is 221 cm³/mol. The van der Waals surface area contributed by atoms with Crippen molar-refractivity contribution in [2.24, 2.45) is 0 Å². The summed E-state index contributed by atoms with van der Waals surface area (Å²) in [7, 11) is 0. The van der Waals surface area contributed by atoms with Crippen molar-refractivity contribution in [2.75, 3.05) is 4.90 Å². The number of pyridine rings is 1. The van der Waals surface area contributed by atoms with Gasteiger partial charge in [-0.3, -0.25) is 4.98 Å². The van der Waals surface area contributed by atoms with Crippen molar-refractivity contribution in [3.63, 3.8) is 0 Å². The Balaban J connectivity index is 1.17. The molecule has 7 aromatic rings. The highest BCUT2D eigenvalue weighted by Crippen LogP contribution is 2.44. The van der Waals surface area contributed by atoms with Crippen LogP contribution < -0.4 is 4.90 Å². The summed E-state index contributed by atoms with van der Waals surface area (Å²) in [6.07, 6.45) is 18.1. The van der Waals surface area contributed by atoms with Crippen molar-refractivity contribution in [3.8, 4) is 22.3 Å². The van der Waals surface area contributed by atoms with E-state index < -0.39 is 0 Å². The molecule has 0 atom stereocenters. The van der Waals surface area contributed by atoms with Crippen LogP contribution in [0.4, 0.5) is 17.1 Å². The fourth-order valence-corrected chi connectivity index (χ4v) is 7.51. The van der Waals surface area contributed by atoms with Gasteiger partial charge in [0.15, 0.2) is 0 Å². The lowest BCUT2D eigenvalue weighted by molar-refractivity contribution is 1.16. The molecular weight excluding hydrogens is 629 g/mol. The molecule has 2 aliphatic rings. The molecule has 0 spiro atoms. The summed E-state index contributed by atoms with van der Waals surface area (Å²) in [4.78, 5) is 6.74. The van der Waals surface area contributed by atoms with Crippen LogP contribution in [0.1, 0.15) is 22.3 Å². The van der Waals surface area contributed by atoms with Crippen molar-refractivity contribution >= 4 is 45.6 Å². The predicted octanol–water partition coefficient (Wildman–Crippen LogP) is 13.2. The molecule has 2 aliphatic carbocycles. The standard InChI is InChI=1S/C50H36N2/c1-35-21-23-39-31-43(32-40-24-22-36(30-49(39)40)29-42(28-35)37-12-4-2-5-13-37)46-25-26-50(48-20-9-8-19-47(46)48)52(44-16-6-3-7-17-44)45-18-10-14-38(33-45)41-15-11-27-51-34-41/h2-29,31-34H,1,30H2/b23-21-,36-29-,42-28+. The van der Waals surface area contributed by atoms with Gasteiger partial charge in [0.2, 0.25) is 0 Å². The number of aromatic nitrogens is 1. The molecule has 0 unspecified atom stereocenters. The van der Waals surface area contributed by atoms with E-state index in [-0.39, 0.29) is 0 Å². The van der Waals surface area contributed by atoms with Gasteiger partial charge in [-0.15, -0.1) is 0 Å². The summed E-state index contributed by atoms with van der Waals surface area (Å²) in [6.45, 7) is 4.40. The maximum absolute atomic E-state index is 4.40. The van der Waals surface area contributed by atoms with E-state index in [0.29, 0.717) is 0 Å². The van der Waals surface area contributed by atoms with Crippen LogP contribution in [0.2, 0.25) is 0 Å². The molecular formula is C50H36N2. The molecule has 1 aromatic heterocycles. The third-order valence-corrected chi connectivity index (χ3v) is 10.0. The number of benzene rings is 6. The Hall–Kier alpha value is -6.77. The molecule has 0 amide bonds. The van der Waals surface area contributed by atoms with Crippen LogP contribution in [0, 0.1) is 0 Å². The van der Waals surface area contributed by atoms with E-state index in [2.05, 4.69) is 192 Å². The topological polar surface area (TPSA) is 16.1 Å². The third kappa shape index (κ3) is 6.01. The van der Waals surface area contributed by atoms with E-state index in [0.717, 1.165) is 40.2 Å². The molecule has 0 aliphatic heterocycles. The maximum Gasteiger partial charge on any atom is 0.0540 e. The van der Waals surface area contributed by atoms with Crippen LogP contribution in [-0.2, 0) is 6.42 Å². The van der Waals surface area contributed by atoms with Gasteiger partial charge in [-0.25, -0.2) is 0 Å². The van der Waals surface area contributed by atoms with E-state index >= 15 is 0 Å². The van der Waals surface area contributed by atoms with Crippen LogP contribution in [0.5, 0.6) is 0 Å². The van der Waals surface area contributed by atoms with Gasteiger partial charge >= 0.3 is 0 Å². The van der Waals surface area contributed by atoms with Gasteiger partial charge in [0.05, 0.1) is 5.69 Å². The lowest BCUT2D eigenvalue weighted by Crippen LogP contribution is -2.10. The Morgan fingerprint density at radius 2 is 1.21 bits per heavy atom. The highest BCUT2D eigenvalue weighted by Gasteiger charge is 2.20. The second-order valence-electron chi connectivity index (χ2n) is 13.4. The molecule has 1 heterocycles. The zero-order valence-corrected chi connectivity index (χ0v) is 28.8. The van der Waals surface area contributed by atoms with Crippen LogP contribution >= 0.6 is 0 Å². The summed E-state index contributed by atoms with van der Waals surface area (Å²) >= 11 is 0. The van der Waals surface area contributed by atoms with Crippen molar-refractivity contribution < 1.29 is 0 Å². The highest BCUT2D eigenvalue weighted by atomic mass is 15.1. The molecule has 2 nitrogen and oxygen atoms in total. The maximum atomic E-state index is 4.40. The average Bonchev–Trinajstić information content (AvgIpc) is 3.21. The minimum atomic E-state index is 0.881. The summed E-state index contributed by atoms with van der Waals surface area (Å²) in [5.41, 5.74) is 16.4. The average molecular weight is 665 g/mol. The number of fused-ring (bicyclic) bond motifs is 2. The summed E-state index contributed by atoms with van der Waals surface area (Å²) < 4.78 is 0. The lowest BCUT2D eigenvalue weighted by atomic mass is 9.84. The van der Waals surface area contributed by atoms with Crippen LogP contribution in [0.3, 0.4) is 0 Å². The van der Waals surface area contributed by atoms with E-state index in [1.54, 1.807) is 0 Å². The normalized spacial score (nSPS) is 16.0. The minimum absolute atomic E-state index is 0.881. The van der Waals surface area contributed by atoms with E-state index in [9.17, 15) is 0 Å². The molecule has 246 valence electrons. The van der Waals surface area contributed by atoms with Gasteiger partial charge in [-0.2, -0.15) is 0 Å². The van der Waals surface area contributed by atoms with Gasteiger partial charge in [0.25, 0.3) is 0 Å². The number of nitrogens with zero attached hydrogens (tertiary/aromatic N) is 2. The van der Waals surface area contributed by atoms with Crippen molar-refractivity contribution in [2.45, 2.75) is 6.42 Å². The Labute approximate surface area is 305 Å². The molecule has 0 saturated heterocycles. The van der Waals surface area contributed by atoms with Crippen LogP contribution in [-0.4, -0.2) is 4.98 Å². The monoisotopic (exact) mass is 664 g/mol. The molecule has 6 aromatic carbocycles. The Bertz CT molecular complexity index is 2590. The third-order valence-electron chi connectivity index (χ3n) is 10.0. The van der Waals surface area contributed by atoms with E-state index in [4.69, 9.17) is 0 Å². The van der Waals surface area contributed by atoms with Gasteiger partial charge < -0.3 is 4.90 Å². The highest BCUT2D eigenvalue weighted by molar-refractivity contribution is 6.06.